The summed E-state index contributed by atoms with van der Waals surface area (Å²) in [6.45, 7) is 1.53. The molecule has 0 aliphatic carbocycles. The molecule has 8 heteroatoms. The van der Waals surface area contributed by atoms with Gasteiger partial charge in [0.1, 0.15) is 5.69 Å². The lowest BCUT2D eigenvalue weighted by Gasteiger charge is -2.27. The number of piperidine rings is 1. The van der Waals surface area contributed by atoms with E-state index in [1.54, 1.807) is 30.1 Å². The number of hydrogen-bond donors (Lipinski definition) is 1. The number of carbonyl (C=O) groups is 2. The first-order chi connectivity index (χ1) is 13.5. The SMILES string of the molecule is Cn1cc(C(=O)N2CCCCC2)cc(NC(=O)c2ccc3c(c2)OCO3)c1=O. The number of hydrogen-bond acceptors (Lipinski definition) is 5. The van der Waals surface area contributed by atoms with Crippen molar-refractivity contribution in [1.29, 1.82) is 0 Å². The number of amides is 2. The van der Waals surface area contributed by atoms with Gasteiger partial charge in [0.2, 0.25) is 6.79 Å². The van der Waals surface area contributed by atoms with Crippen LogP contribution in [0.1, 0.15) is 40.0 Å². The molecule has 4 rings (SSSR count). The third-order valence-electron chi connectivity index (χ3n) is 4.96. The van der Waals surface area contributed by atoms with Crippen molar-refractivity contribution in [3.05, 3.63) is 51.9 Å². The van der Waals surface area contributed by atoms with Crippen molar-refractivity contribution in [2.75, 3.05) is 25.2 Å². The molecular weight excluding hydrogens is 362 g/mol. The summed E-state index contributed by atoms with van der Waals surface area (Å²) in [5.41, 5.74) is 0.390. The van der Waals surface area contributed by atoms with Crippen LogP contribution in [-0.4, -0.2) is 41.2 Å². The molecule has 2 amide bonds. The van der Waals surface area contributed by atoms with Crippen LogP contribution in [0.3, 0.4) is 0 Å². The van der Waals surface area contributed by atoms with E-state index in [-0.39, 0.29) is 23.9 Å². The van der Waals surface area contributed by atoms with Gasteiger partial charge < -0.3 is 24.3 Å². The molecule has 0 saturated carbocycles. The molecule has 2 aromatic rings. The standard InChI is InChI=1S/C20H21N3O5/c1-22-11-14(19(25)23-7-3-2-4-8-23)9-15(20(22)26)21-18(24)13-5-6-16-17(10-13)28-12-27-16/h5-6,9-11H,2-4,7-8,12H2,1H3,(H,21,24). The van der Waals surface area contributed by atoms with Crippen molar-refractivity contribution in [2.45, 2.75) is 19.3 Å². The molecule has 28 heavy (non-hydrogen) atoms. The second kappa shape index (κ2) is 7.38. The fourth-order valence-corrected chi connectivity index (χ4v) is 3.43. The third-order valence-corrected chi connectivity index (χ3v) is 4.96. The Hall–Kier alpha value is -3.29. The number of aryl methyl sites for hydroxylation is 1. The first-order valence-electron chi connectivity index (χ1n) is 9.24. The number of benzene rings is 1. The Bertz CT molecular complexity index is 992. The number of nitrogens with zero attached hydrogens (tertiary/aromatic N) is 2. The van der Waals surface area contributed by atoms with E-state index in [1.807, 2.05) is 0 Å². The predicted molar refractivity (Wildman–Crippen MR) is 102 cm³/mol. The molecule has 1 saturated heterocycles. The van der Waals surface area contributed by atoms with Crippen molar-refractivity contribution < 1.29 is 19.1 Å². The molecule has 0 bridgehead atoms. The summed E-state index contributed by atoms with van der Waals surface area (Å²) in [5, 5.41) is 2.62. The maximum atomic E-state index is 12.8. The van der Waals surface area contributed by atoms with Gasteiger partial charge in [-0.15, -0.1) is 0 Å². The van der Waals surface area contributed by atoms with E-state index in [9.17, 15) is 14.4 Å². The van der Waals surface area contributed by atoms with Gasteiger partial charge in [0.05, 0.1) is 5.56 Å². The largest absolute Gasteiger partial charge is 0.454 e. The molecule has 1 fully saturated rings. The molecule has 0 spiro atoms. The van der Waals surface area contributed by atoms with Crippen molar-refractivity contribution in [3.8, 4) is 11.5 Å². The van der Waals surface area contributed by atoms with Crippen LogP contribution in [0.4, 0.5) is 5.69 Å². The molecule has 1 N–H and O–H groups in total. The van der Waals surface area contributed by atoms with Crippen molar-refractivity contribution >= 4 is 17.5 Å². The van der Waals surface area contributed by atoms with E-state index in [4.69, 9.17) is 9.47 Å². The summed E-state index contributed by atoms with van der Waals surface area (Å²) < 4.78 is 11.8. The highest BCUT2D eigenvalue weighted by molar-refractivity contribution is 6.05. The normalized spacial score (nSPS) is 15.4. The summed E-state index contributed by atoms with van der Waals surface area (Å²) in [6.07, 6.45) is 4.58. The highest BCUT2D eigenvalue weighted by Crippen LogP contribution is 2.32. The minimum atomic E-state index is -0.460. The highest BCUT2D eigenvalue weighted by Gasteiger charge is 2.21. The lowest BCUT2D eigenvalue weighted by atomic mass is 10.1. The molecule has 1 aromatic heterocycles. The molecule has 2 aliphatic heterocycles. The minimum absolute atomic E-state index is 0.0630. The Morgan fingerprint density at radius 1 is 1.00 bits per heavy atom. The number of ether oxygens (including phenoxy) is 2. The quantitative estimate of drug-likeness (QED) is 0.876. The van der Waals surface area contributed by atoms with Crippen LogP contribution in [0.25, 0.3) is 0 Å². The van der Waals surface area contributed by atoms with Crippen LogP contribution in [0, 0.1) is 0 Å². The number of aromatic nitrogens is 1. The van der Waals surface area contributed by atoms with Crippen molar-refractivity contribution in [3.63, 3.8) is 0 Å². The number of carbonyl (C=O) groups excluding carboxylic acids is 2. The van der Waals surface area contributed by atoms with Crippen molar-refractivity contribution in [2.24, 2.45) is 7.05 Å². The van der Waals surface area contributed by atoms with Gasteiger partial charge in [-0.25, -0.2) is 0 Å². The second-order valence-corrected chi connectivity index (χ2v) is 6.93. The Labute approximate surface area is 161 Å². The fourth-order valence-electron chi connectivity index (χ4n) is 3.43. The zero-order valence-electron chi connectivity index (χ0n) is 15.6. The maximum absolute atomic E-state index is 12.8. The van der Waals surface area contributed by atoms with Crippen LogP contribution in [0.2, 0.25) is 0 Å². The van der Waals surface area contributed by atoms with Gasteiger partial charge in [-0.1, -0.05) is 0 Å². The van der Waals surface area contributed by atoms with Gasteiger partial charge in [0.15, 0.2) is 11.5 Å². The molecular formula is C20H21N3O5. The summed E-state index contributed by atoms with van der Waals surface area (Å²) >= 11 is 0. The van der Waals surface area contributed by atoms with E-state index >= 15 is 0 Å². The summed E-state index contributed by atoms with van der Waals surface area (Å²) in [4.78, 5) is 39.6. The molecule has 1 aromatic carbocycles. The smallest absolute Gasteiger partial charge is 0.274 e. The topological polar surface area (TPSA) is 89.9 Å². The molecule has 0 atom stereocenters. The summed E-state index contributed by atoms with van der Waals surface area (Å²) in [6, 6.07) is 6.25. The first kappa shape index (κ1) is 18.1. The van der Waals surface area contributed by atoms with Crippen molar-refractivity contribution in [1.82, 2.24) is 9.47 Å². The summed E-state index contributed by atoms with van der Waals surface area (Å²) in [7, 11) is 1.56. The number of fused-ring (bicyclic) bond motifs is 1. The second-order valence-electron chi connectivity index (χ2n) is 6.93. The molecule has 0 radical (unpaired) electrons. The Balaban J connectivity index is 1.58. The molecule has 0 unspecified atom stereocenters. The number of rotatable bonds is 3. The summed E-state index contributed by atoms with van der Waals surface area (Å²) in [5.74, 6) is 0.461. The van der Waals surface area contributed by atoms with E-state index in [2.05, 4.69) is 5.32 Å². The lowest BCUT2D eigenvalue weighted by Crippen LogP contribution is -2.36. The number of likely N-dealkylation sites (tertiary alicyclic amines) is 1. The maximum Gasteiger partial charge on any atom is 0.274 e. The first-order valence-corrected chi connectivity index (χ1v) is 9.24. The molecule has 146 valence electrons. The fraction of sp³-hybridized carbons (Fsp3) is 0.350. The minimum Gasteiger partial charge on any atom is -0.454 e. The van der Waals surface area contributed by atoms with Gasteiger partial charge in [-0.3, -0.25) is 14.4 Å². The lowest BCUT2D eigenvalue weighted by molar-refractivity contribution is 0.0723. The number of anilines is 1. The Morgan fingerprint density at radius 3 is 2.54 bits per heavy atom. The van der Waals surface area contributed by atoms with Crippen LogP contribution in [-0.2, 0) is 7.05 Å². The van der Waals surface area contributed by atoms with Gasteiger partial charge in [0, 0.05) is 31.9 Å². The van der Waals surface area contributed by atoms with Gasteiger partial charge in [-0.2, -0.15) is 0 Å². The Morgan fingerprint density at radius 2 is 1.75 bits per heavy atom. The molecule has 8 nitrogen and oxygen atoms in total. The average molecular weight is 383 g/mol. The highest BCUT2D eigenvalue weighted by atomic mass is 16.7. The van der Waals surface area contributed by atoms with Gasteiger partial charge in [0.25, 0.3) is 17.4 Å². The van der Waals surface area contributed by atoms with Crippen LogP contribution >= 0.6 is 0 Å². The predicted octanol–water partition coefficient (Wildman–Crippen LogP) is 1.99. The molecule has 2 aliphatic rings. The van der Waals surface area contributed by atoms with Crippen LogP contribution < -0.4 is 20.3 Å². The van der Waals surface area contributed by atoms with E-state index in [0.717, 1.165) is 19.3 Å². The van der Waals surface area contributed by atoms with Gasteiger partial charge >= 0.3 is 0 Å². The zero-order valence-corrected chi connectivity index (χ0v) is 15.6. The Kier molecular flexibility index (Phi) is 4.77. The monoisotopic (exact) mass is 383 g/mol. The van der Waals surface area contributed by atoms with Crippen LogP contribution in [0.5, 0.6) is 11.5 Å². The third kappa shape index (κ3) is 3.45. The van der Waals surface area contributed by atoms with E-state index in [1.165, 1.54) is 16.8 Å². The van der Waals surface area contributed by atoms with Gasteiger partial charge in [-0.05, 0) is 43.5 Å². The van der Waals surface area contributed by atoms with E-state index in [0.29, 0.717) is 35.7 Å². The number of nitrogens with one attached hydrogen (secondary N) is 1. The van der Waals surface area contributed by atoms with Crippen LogP contribution in [0.15, 0.2) is 35.3 Å². The number of pyridine rings is 1. The van der Waals surface area contributed by atoms with E-state index < -0.39 is 5.91 Å². The average Bonchev–Trinajstić information content (AvgIpc) is 3.19. The zero-order chi connectivity index (χ0) is 19.7. The molecule has 3 heterocycles.